The Labute approximate surface area is 85.7 Å². The Bertz CT molecular complexity index is 39.0. The van der Waals surface area contributed by atoms with Crippen molar-refractivity contribution in [3.05, 3.63) is 0 Å². The Hall–Kier alpha value is 1.14. The minimum atomic E-state index is -2.33. The van der Waals surface area contributed by atoms with Crippen LogP contribution < -0.4 is 10.2 Å². The van der Waals surface area contributed by atoms with Gasteiger partial charge in [0.15, 0.2) is 0 Å². The number of carboxylic acid groups (broad SMARTS) is 2. The van der Waals surface area contributed by atoms with E-state index >= 15 is 0 Å². The van der Waals surface area contributed by atoms with Crippen LogP contribution in [-0.2, 0) is 36.5 Å². The van der Waals surface area contributed by atoms with E-state index < -0.39 is 6.16 Å². The van der Waals surface area contributed by atoms with E-state index in [0.717, 1.165) is 0 Å². The molecule has 0 bridgehead atoms. The van der Waals surface area contributed by atoms with Crippen molar-refractivity contribution in [3.8, 4) is 0 Å². The normalized spacial score (nSPS) is 3.00. The summed E-state index contributed by atoms with van der Waals surface area (Å²) in [6, 6.07) is 0. The van der Waals surface area contributed by atoms with Gasteiger partial charge >= 0.3 is 59.6 Å². The van der Waals surface area contributed by atoms with E-state index in [0.29, 0.717) is 0 Å². The topological polar surface area (TPSA) is 93.2 Å². The average Bonchev–Trinajstić information content (AvgIpc) is 0.811. The fourth-order valence-corrected chi connectivity index (χ4v) is 0. The molecule has 0 aliphatic heterocycles. The van der Waals surface area contributed by atoms with Gasteiger partial charge in [0.1, 0.15) is 0 Å². The molecule has 0 unspecified atom stereocenters. The molecule has 0 aromatic rings. The summed E-state index contributed by atoms with van der Waals surface area (Å²) in [5, 5.41) is 16.7. The van der Waals surface area contributed by atoms with Crippen LogP contribution in [0.3, 0.4) is 0 Å². The minimum Gasteiger partial charge on any atom is -0.870 e. The van der Waals surface area contributed by atoms with Crippen LogP contribution in [0.4, 0.5) is 4.79 Å². The third-order valence-electron chi connectivity index (χ3n) is 0. The van der Waals surface area contributed by atoms with Crippen LogP contribution in [0.5, 0.6) is 0 Å². The molecule has 1 radical (unpaired) electrons. The SMILES string of the molecule is O=C([O-])[O-].[Mg+2].[Mn+2].[OH-].[Zn+2]. The van der Waals surface area contributed by atoms with Gasteiger partial charge in [0.05, 0.1) is 0 Å². The van der Waals surface area contributed by atoms with Crippen LogP contribution in [0.1, 0.15) is 0 Å². The Morgan fingerprint density at radius 3 is 1.25 bits per heavy atom. The smallest absolute Gasteiger partial charge is 0.870 e. The van der Waals surface area contributed by atoms with Gasteiger partial charge in [-0.1, -0.05) is 0 Å². The summed E-state index contributed by atoms with van der Waals surface area (Å²) >= 11 is 0. The van der Waals surface area contributed by atoms with Crippen molar-refractivity contribution in [2.75, 3.05) is 0 Å². The molecule has 0 aliphatic rings. The van der Waals surface area contributed by atoms with Crippen molar-refractivity contribution in [2.45, 2.75) is 0 Å². The molecule has 1 N–H and O–H groups in total. The number of carbonyl (C=O) groups is 1. The summed E-state index contributed by atoms with van der Waals surface area (Å²) < 4.78 is 0. The zero-order valence-corrected chi connectivity index (χ0v) is 9.53. The van der Waals surface area contributed by atoms with Gasteiger partial charge in [0, 0.05) is 0 Å². The van der Waals surface area contributed by atoms with Crippen LogP contribution in [0.2, 0.25) is 0 Å². The average molecular weight is 222 g/mol. The Morgan fingerprint density at radius 1 is 1.25 bits per heavy atom. The van der Waals surface area contributed by atoms with Gasteiger partial charge in [-0.2, -0.15) is 0 Å². The van der Waals surface area contributed by atoms with Gasteiger partial charge in [-0.25, -0.2) is 0 Å². The van der Waals surface area contributed by atoms with Crippen LogP contribution in [0.25, 0.3) is 0 Å². The number of rotatable bonds is 0. The zero-order chi connectivity index (χ0) is 3.58. The van der Waals surface area contributed by atoms with Gasteiger partial charge in [-0.15, -0.1) is 0 Å². The molecule has 0 atom stereocenters. The molecule has 0 saturated carbocycles. The molecule has 8 heavy (non-hydrogen) atoms. The van der Waals surface area contributed by atoms with E-state index in [4.69, 9.17) is 15.0 Å². The maximum absolute atomic E-state index is 8.33. The van der Waals surface area contributed by atoms with E-state index in [2.05, 4.69) is 0 Å². The molecule has 37 valence electrons. The molecule has 0 amide bonds. The van der Waals surface area contributed by atoms with Crippen LogP contribution >= 0.6 is 0 Å². The van der Waals surface area contributed by atoms with Gasteiger partial charge in [-0.05, 0) is 6.16 Å². The maximum Gasteiger partial charge on any atom is 2.00 e. The summed E-state index contributed by atoms with van der Waals surface area (Å²) in [7, 11) is 0. The first-order valence-electron chi connectivity index (χ1n) is 0.612. The van der Waals surface area contributed by atoms with E-state index in [1.807, 2.05) is 0 Å². The molecule has 0 aromatic carbocycles. The van der Waals surface area contributed by atoms with E-state index in [1.54, 1.807) is 0 Å². The molecule has 0 aliphatic carbocycles. The third kappa shape index (κ3) is 207. The molecule has 0 heterocycles. The molecule has 4 nitrogen and oxygen atoms in total. The molecule has 0 saturated heterocycles. The first-order chi connectivity index (χ1) is 1.73. The molecule has 0 aromatic heterocycles. The Kier molecular flexibility index (Phi) is 107. The first-order valence-corrected chi connectivity index (χ1v) is 0.612. The summed E-state index contributed by atoms with van der Waals surface area (Å²) in [5.74, 6) is 0. The number of carbonyl (C=O) groups excluding carboxylic acids is 1. The standard InChI is InChI=1S/CH2O3.Mg.Mn.H2O.Zn/c2-1(3)4;;;;/h(H2,2,3,4);;;1H2;/q;2*+2;;+2/p-3. The second kappa shape index (κ2) is 24.2. The number of hydrogen-bond acceptors (Lipinski definition) is 4. The van der Waals surface area contributed by atoms with Gasteiger partial charge < -0.3 is 20.5 Å². The molecular formula is CHMgMnO4Zn+3. The van der Waals surface area contributed by atoms with E-state index in [9.17, 15) is 0 Å². The van der Waals surface area contributed by atoms with Crippen molar-refractivity contribution >= 4 is 29.2 Å². The zero-order valence-electron chi connectivity index (χ0n) is 3.96. The molecule has 0 rings (SSSR count). The fraction of sp³-hybridized carbons (Fsp3) is 0. The van der Waals surface area contributed by atoms with E-state index in [-0.39, 0.29) is 65.1 Å². The van der Waals surface area contributed by atoms with Crippen LogP contribution in [0.15, 0.2) is 0 Å². The maximum atomic E-state index is 8.33. The van der Waals surface area contributed by atoms with Gasteiger partial charge in [0.2, 0.25) is 0 Å². The largest absolute Gasteiger partial charge is 2.00 e. The molecule has 7 heteroatoms. The van der Waals surface area contributed by atoms with Crippen LogP contribution in [0, 0.1) is 0 Å². The Morgan fingerprint density at radius 2 is 1.25 bits per heavy atom. The minimum absolute atomic E-state index is 0. The van der Waals surface area contributed by atoms with Crippen molar-refractivity contribution < 1.29 is 57.0 Å². The number of hydrogen-bond donors (Lipinski definition) is 0. The third-order valence-corrected chi connectivity index (χ3v) is 0. The van der Waals surface area contributed by atoms with Gasteiger partial charge in [-0.3, -0.25) is 0 Å². The van der Waals surface area contributed by atoms with Crippen molar-refractivity contribution in [2.24, 2.45) is 0 Å². The van der Waals surface area contributed by atoms with Gasteiger partial charge in [0.25, 0.3) is 0 Å². The molecular weight excluding hydrogens is 221 g/mol. The van der Waals surface area contributed by atoms with Crippen molar-refractivity contribution in [1.82, 2.24) is 0 Å². The first kappa shape index (κ1) is 35.3. The van der Waals surface area contributed by atoms with Crippen molar-refractivity contribution in [3.63, 3.8) is 0 Å². The summed E-state index contributed by atoms with van der Waals surface area (Å²) in [5.41, 5.74) is 0. The summed E-state index contributed by atoms with van der Waals surface area (Å²) in [4.78, 5) is 8.33. The fourth-order valence-electron chi connectivity index (χ4n) is 0. The second-order valence-corrected chi connectivity index (χ2v) is 0.250. The van der Waals surface area contributed by atoms with E-state index in [1.165, 1.54) is 0 Å². The summed E-state index contributed by atoms with van der Waals surface area (Å²) in [6.07, 6.45) is -2.33. The van der Waals surface area contributed by atoms with Crippen molar-refractivity contribution in [1.29, 1.82) is 0 Å². The second-order valence-electron chi connectivity index (χ2n) is 0.250. The summed E-state index contributed by atoms with van der Waals surface area (Å²) in [6.45, 7) is 0. The predicted molar refractivity (Wildman–Crippen MR) is 13.1 cm³/mol. The van der Waals surface area contributed by atoms with Crippen LogP contribution in [-0.4, -0.2) is 34.7 Å². The monoisotopic (exact) mass is 220 g/mol. The molecule has 0 fully saturated rings. The molecule has 0 spiro atoms. The quantitative estimate of drug-likeness (QED) is 0.407. The Balaban J connectivity index is -0.00000000750. The predicted octanol–water partition coefficient (Wildman–Crippen LogP) is -3.01.